The van der Waals surface area contributed by atoms with Crippen molar-refractivity contribution in [3.63, 3.8) is 0 Å². The highest BCUT2D eigenvalue weighted by molar-refractivity contribution is 7.15. The number of esters is 1. The molecule has 31 heavy (non-hydrogen) atoms. The molecule has 7 nitrogen and oxygen atoms in total. The minimum absolute atomic E-state index is 0.0507. The van der Waals surface area contributed by atoms with E-state index in [0.29, 0.717) is 11.3 Å². The van der Waals surface area contributed by atoms with Crippen molar-refractivity contribution in [3.05, 3.63) is 93.6 Å². The summed E-state index contributed by atoms with van der Waals surface area (Å²) in [4.78, 5) is 34.6. The molecule has 0 bridgehead atoms. The van der Waals surface area contributed by atoms with E-state index in [-0.39, 0.29) is 24.6 Å². The summed E-state index contributed by atoms with van der Waals surface area (Å²) in [5.74, 6) is -0.388. The largest absolute Gasteiger partial charge is 0.459 e. The van der Waals surface area contributed by atoms with E-state index in [1.807, 2.05) is 59.3 Å². The number of carbonyl (C=O) groups is 1. The van der Waals surface area contributed by atoms with Gasteiger partial charge in [0.2, 0.25) is 0 Å². The molecule has 0 amide bonds. The second-order valence-electron chi connectivity index (χ2n) is 7.23. The maximum absolute atomic E-state index is 12.4. The number of hydrogen-bond acceptors (Lipinski definition) is 6. The van der Waals surface area contributed by atoms with Gasteiger partial charge < -0.3 is 4.74 Å². The van der Waals surface area contributed by atoms with Gasteiger partial charge in [-0.3, -0.25) is 18.4 Å². The molecule has 154 valence electrons. The van der Waals surface area contributed by atoms with E-state index in [4.69, 9.17) is 4.74 Å². The van der Waals surface area contributed by atoms with Crippen molar-refractivity contribution in [3.8, 4) is 11.3 Å². The fourth-order valence-electron chi connectivity index (χ4n) is 3.39. The Hall–Kier alpha value is -3.78. The van der Waals surface area contributed by atoms with Gasteiger partial charge in [-0.25, -0.2) is 9.97 Å². The molecule has 0 saturated carbocycles. The van der Waals surface area contributed by atoms with E-state index in [1.54, 1.807) is 12.3 Å². The van der Waals surface area contributed by atoms with Crippen molar-refractivity contribution in [2.24, 2.45) is 0 Å². The van der Waals surface area contributed by atoms with Gasteiger partial charge in [-0.15, -0.1) is 11.3 Å². The third-order valence-corrected chi connectivity index (χ3v) is 5.81. The normalized spacial score (nSPS) is 11.3. The second kappa shape index (κ2) is 7.81. The van der Waals surface area contributed by atoms with E-state index in [1.165, 1.54) is 21.8 Å². The smallest absolute Gasteiger partial charge is 0.312 e. The molecule has 5 rings (SSSR count). The van der Waals surface area contributed by atoms with Gasteiger partial charge in [0.25, 0.3) is 5.56 Å². The number of fused-ring (bicyclic) bond motifs is 2. The Balaban J connectivity index is 1.30. The highest BCUT2D eigenvalue weighted by Crippen LogP contribution is 2.24. The zero-order valence-electron chi connectivity index (χ0n) is 16.7. The molecule has 0 spiro atoms. The standard InChI is InChI=1S/C23H18N4O3S/c1-15-7-8-20-24-17(9-21(28)27(20)11-15)13-30-22(29)10-18-14-31-23-25-19(12-26(18)23)16-5-3-2-4-6-16/h2-9,11-12,14H,10,13H2,1H3. The van der Waals surface area contributed by atoms with Crippen LogP contribution in [0, 0.1) is 6.92 Å². The minimum Gasteiger partial charge on any atom is -0.459 e. The molecule has 1 aromatic carbocycles. The first-order valence-corrected chi connectivity index (χ1v) is 10.6. The van der Waals surface area contributed by atoms with Crippen LogP contribution in [0.25, 0.3) is 21.9 Å². The number of thiazole rings is 1. The van der Waals surface area contributed by atoms with Gasteiger partial charge in [0.15, 0.2) is 4.96 Å². The first-order valence-electron chi connectivity index (χ1n) is 9.72. The van der Waals surface area contributed by atoms with Gasteiger partial charge in [0.05, 0.1) is 17.8 Å². The average molecular weight is 430 g/mol. The molecule has 0 aliphatic heterocycles. The molecule has 0 unspecified atom stereocenters. The molecule has 0 atom stereocenters. The van der Waals surface area contributed by atoms with Crippen LogP contribution in [0.4, 0.5) is 0 Å². The fraction of sp³-hybridized carbons (Fsp3) is 0.130. The van der Waals surface area contributed by atoms with E-state index in [2.05, 4.69) is 9.97 Å². The van der Waals surface area contributed by atoms with Crippen molar-refractivity contribution in [1.29, 1.82) is 0 Å². The van der Waals surface area contributed by atoms with Crippen LogP contribution in [0.5, 0.6) is 0 Å². The Kier molecular flexibility index (Phi) is 4.83. The predicted octanol–water partition coefficient (Wildman–Crippen LogP) is 3.67. The maximum Gasteiger partial charge on any atom is 0.312 e. The average Bonchev–Trinajstić information content (AvgIpc) is 3.35. The van der Waals surface area contributed by atoms with Crippen LogP contribution in [-0.2, 0) is 22.6 Å². The lowest BCUT2D eigenvalue weighted by atomic mass is 10.2. The highest BCUT2D eigenvalue weighted by Gasteiger charge is 2.14. The van der Waals surface area contributed by atoms with Crippen LogP contribution in [0.1, 0.15) is 17.0 Å². The van der Waals surface area contributed by atoms with Gasteiger partial charge in [0, 0.05) is 35.1 Å². The van der Waals surface area contributed by atoms with Crippen molar-refractivity contribution in [1.82, 2.24) is 18.8 Å². The summed E-state index contributed by atoms with van der Waals surface area (Å²) < 4.78 is 8.78. The summed E-state index contributed by atoms with van der Waals surface area (Å²) in [6.45, 7) is 1.86. The number of carbonyl (C=O) groups excluding carboxylic acids is 1. The SMILES string of the molecule is Cc1ccc2nc(COC(=O)Cc3csc4nc(-c5ccccc5)cn34)cc(=O)n2c1. The van der Waals surface area contributed by atoms with Gasteiger partial charge in [-0.2, -0.15) is 0 Å². The quantitative estimate of drug-likeness (QED) is 0.398. The molecular weight excluding hydrogens is 412 g/mol. The Morgan fingerprint density at radius 2 is 1.90 bits per heavy atom. The summed E-state index contributed by atoms with van der Waals surface area (Å²) in [6.07, 6.45) is 3.77. The monoisotopic (exact) mass is 430 g/mol. The Morgan fingerprint density at radius 3 is 2.74 bits per heavy atom. The first kappa shape index (κ1) is 19.2. The summed E-state index contributed by atoms with van der Waals surface area (Å²) >= 11 is 1.48. The number of ether oxygens (including phenoxy) is 1. The van der Waals surface area contributed by atoms with Crippen LogP contribution in [0.15, 0.2) is 71.1 Å². The van der Waals surface area contributed by atoms with Crippen molar-refractivity contribution in [2.75, 3.05) is 0 Å². The van der Waals surface area contributed by atoms with E-state index < -0.39 is 0 Å². The van der Waals surface area contributed by atoms with Crippen molar-refractivity contribution < 1.29 is 9.53 Å². The first-order chi connectivity index (χ1) is 15.1. The van der Waals surface area contributed by atoms with E-state index in [9.17, 15) is 9.59 Å². The Morgan fingerprint density at radius 1 is 1.06 bits per heavy atom. The predicted molar refractivity (Wildman–Crippen MR) is 118 cm³/mol. The molecule has 0 saturated heterocycles. The minimum atomic E-state index is -0.388. The van der Waals surface area contributed by atoms with Gasteiger partial charge in [-0.1, -0.05) is 36.4 Å². The molecule has 5 aromatic rings. The molecule has 0 aliphatic rings. The number of pyridine rings is 1. The third-order valence-electron chi connectivity index (χ3n) is 4.92. The zero-order chi connectivity index (χ0) is 21.4. The second-order valence-corrected chi connectivity index (χ2v) is 8.07. The van der Waals surface area contributed by atoms with Crippen molar-refractivity contribution >= 4 is 27.9 Å². The molecule has 0 N–H and O–H groups in total. The molecule has 4 heterocycles. The Bertz CT molecular complexity index is 1470. The van der Waals surface area contributed by atoms with Gasteiger partial charge >= 0.3 is 5.97 Å². The Labute approximate surface area is 181 Å². The zero-order valence-corrected chi connectivity index (χ0v) is 17.5. The topological polar surface area (TPSA) is 78.0 Å². The highest BCUT2D eigenvalue weighted by atomic mass is 32.1. The lowest BCUT2D eigenvalue weighted by molar-refractivity contribution is -0.144. The number of aromatic nitrogens is 4. The summed E-state index contributed by atoms with van der Waals surface area (Å²) in [5, 5.41) is 1.90. The molecule has 0 fully saturated rings. The number of rotatable bonds is 5. The van der Waals surface area contributed by atoms with Gasteiger partial charge in [0.1, 0.15) is 12.3 Å². The van der Waals surface area contributed by atoms with Crippen molar-refractivity contribution in [2.45, 2.75) is 20.0 Å². The number of aryl methyl sites for hydroxylation is 1. The molecule has 0 radical (unpaired) electrons. The lowest BCUT2D eigenvalue weighted by Crippen LogP contribution is -2.17. The number of nitrogens with zero attached hydrogens (tertiary/aromatic N) is 4. The number of benzene rings is 1. The maximum atomic E-state index is 12.4. The number of imidazole rings is 1. The summed E-state index contributed by atoms with van der Waals surface area (Å²) in [5.41, 5.74) is 4.40. The summed E-state index contributed by atoms with van der Waals surface area (Å²) in [7, 11) is 0. The fourth-order valence-corrected chi connectivity index (χ4v) is 4.26. The number of hydrogen-bond donors (Lipinski definition) is 0. The molecule has 8 heteroatoms. The van der Waals surface area contributed by atoms with Gasteiger partial charge in [-0.05, 0) is 18.6 Å². The van der Waals surface area contributed by atoms with Crippen LogP contribution in [0.3, 0.4) is 0 Å². The lowest BCUT2D eigenvalue weighted by Gasteiger charge is -2.06. The van der Waals surface area contributed by atoms with E-state index in [0.717, 1.165) is 27.5 Å². The van der Waals surface area contributed by atoms with Crippen LogP contribution in [-0.4, -0.2) is 24.7 Å². The van der Waals surface area contributed by atoms with Crippen LogP contribution >= 0.6 is 11.3 Å². The summed E-state index contributed by atoms with van der Waals surface area (Å²) in [6, 6.07) is 14.9. The molecule has 0 aliphatic carbocycles. The van der Waals surface area contributed by atoms with Crippen LogP contribution < -0.4 is 5.56 Å². The third kappa shape index (κ3) is 3.85. The molecular formula is C23H18N4O3S. The van der Waals surface area contributed by atoms with Crippen LogP contribution in [0.2, 0.25) is 0 Å². The van der Waals surface area contributed by atoms with E-state index >= 15 is 0 Å². The molecule has 4 aromatic heterocycles.